The van der Waals surface area contributed by atoms with E-state index >= 15 is 0 Å². The van der Waals surface area contributed by atoms with Gasteiger partial charge in [-0.15, -0.1) is 0 Å². The molecule has 140 valence electrons. The number of hydrogen-bond donors (Lipinski definition) is 1. The van der Waals surface area contributed by atoms with Gasteiger partial charge in [-0.2, -0.15) is 0 Å². The van der Waals surface area contributed by atoms with Gasteiger partial charge in [-0.3, -0.25) is 9.59 Å². The summed E-state index contributed by atoms with van der Waals surface area (Å²) in [5.74, 6) is -0.824. The first kappa shape index (κ1) is 18.8. The zero-order valence-electron chi connectivity index (χ0n) is 15.0. The van der Waals surface area contributed by atoms with Crippen LogP contribution in [0.3, 0.4) is 0 Å². The van der Waals surface area contributed by atoms with Crippen molar-refractivity contribution in [2.75, 3.05) is 21.3 Å². The van der Waals surface area contributed by atoms with E-state index in [-0.39, 0.29) is 11.3 Å². The van der Waals surface area contributed by atoms with Crippen LogP contribution in [0.4, 0.5) is 0 Å². The number of rotatable bonds is 4. The molecule has 1 aliphatic rings. The predicted octanol–water partition coefficient (Wildman–Crippen LogP) is 3.41. The first-order chi connectivity index (χ1) is 12.9. The topological polar surface area (TPSA) is 76.1 Å². The number of carbonyl (C=O) groups excluding carboxylic acids is 2. The molecular weight excluding hydrogens is 370 g/mol. The maximum Gasteiger partial charge on any atom is 0.295 e. The molecule has 2 aromatic rings. The number of likely N-dealkylation sites (tertiary alicyclic amines) is 1. The largest absolute Gasteiger partial charge is 0.507 e. The third kappa shape index (κ3) is 3.24. The van der Waals surface area contributed by atoms with Crippen molar-refractivity contribution in [3.63, 3.8) is 0 Å². The Kier molecular flexibility index (Phi) is 5.10. The molecule has 7 heteroatoms. The van der Waals surface area contributed by atoms with Crippen LogP contribution < -0.4 is 9.47 Å². The van der Waals surface area contributed by atoms with Crippen LogP contribution in [0.1, 0.15) is 17.2 Å². The molecule has 0 aliphatic carbocycles. The highest BCUT2D eigenvalue weighted by Crippen LogP contribution is 2.39. The van der Waals surface area contributed by atoms with Crippen LogP contribution in [0.25, 0.3) is 5.76 Å². The zero-order valence-corrected chi connectivity index (χ0v) is 15.8. The Bertz CT molecular complexity index is 936. The lowest BCUT2D eigenvalue weighted by molar-refractivity contribution is -0.139. The van der Waals surface area contributed by atoms with Crippen LogP contribution in [-0.2, 0) is 9.59 Å². The molecule has 1 aliphatic heterocycles. The molecule has 3 rings (SSSR count). The molecule has 0 bridgehead atoms. The summed E-state index contributed by atoms with van der Waals surface area (Å²) in [4.78, 5) is 26.2. The highest BCUT2D eigenvalue weighted by molar-refractivity contribution is 6.46. The second-order valence-corrected chi connectivity index (χ2v) is 6.47. The van der Waals surface area contributed by atoms with Gasteiger partial charge in [-0.05, 0) is 35.9 Å². The SMILES string of the molecule is COc1ccc(C(O)=C2C(=O)C(=O)N(C)C2c2ccc(Cl)cc2)cc1OC. The number of ketones is 1. The van der Waals surface area contributed by atoms with Crippen molar-refractivity contribution in [3.8, 4) is 11.5 Å². The quantitative estimate of drug-likeness (QED) is 0.494. The van der Waals surface area contributed by atoms with Gasteiger partial charge in [0.1, 0.15) is 5.76 Å². The van der Waals surface area contributed by atoms with Crippen molar-refractivity contribution >= 4 is 29.1 Å². The third-order valence-corrected chi connectivity index (χ3v) is 4.77. The fourth-order valence-electron chi connectivity index (χ4n) is 3.12. The van der Waals surface area contributed by atoms with Crippen molar-refractivity contribution in [2.24, 2.45) is 0 Å². The molecule has 1 atom stereocenters. The van der Waals surface area contributed by atoms with E-state index in [1.165, 1.54) is 26.2 Å². The van der Waals surface area contributed by atoms with Gasteiger partial charge in [0, 0.05) is 17.6 Å². The van der Waals surface area contributed by atoms with Crippen molar-refractivity contribution in [1.82, 2.24) is 4.90 Å². The van der Waals surface area contributed by atoms with Crippen LogP contribution in [0, 0.1) is 0 Å². The lowest BCUT2D eigenvalue weighted by Crippen LogP contribution is -2.24. The van der Waals surface area contributed by atoms with E-state index < -0.39 is 17.7 Å². The van der Waals surface area contributed by atoms with E-state index in [0.29, 0.717) is 27.6 Å². The number of Topliss-reactive ketones (excluding diaryl/α,β-unsaturated/α-hetero) is 1. The highest BCUT2D eigenvalue weighted by atomic mass is 35.5. The summed E-state index contributed by atoms with van der Waals surface area (Å²) in [6.07, 6.45) is 0. The molecule has 2 aromatic carbocycles. The Morgan fingerprint density at radius 1 is 1.04 bits per heavy atom. The van der Waals surface area contributed by atoms with Crippen LogP contribution in [0.5, 0.6) is 11.5 Å². The summed E-state index contributed by atoms with van der Waals surface area (Å²) >= 11 is 5.93. The minimum atomic E-state index is -0.746. The fourth-order valence-corrected chi connectivity index (χ4v) is 3.25. The maximum atomic E-state index is 12.6. The molecular formula is C20H18ClNO5. The van der Waals surface area contributed by atoms with Crippen molar-refractivity contribution in [2.45, 2.75) is 6.04 Å². The third-order valence-electron chi connectivity index (χ3n) is 4.52. The molecule has 1 unspecified atom stereocenters. The summed E-state index contributed by atoms with van der Waals surface area (Å²) < 4.78 is 10.4. The number of amides is 1. The first-order valence-electron chi connectivity index (χ1n) is 8.11. The summed E-state index contributed by atoms with van der Waals surface area (Å²) in [6, 6.07) is 10.8. The number of carbonyl (C=O) groups is 2. The fraction of sp³-hybridized carbons (Fsp3) is 0.200. The van der Waals surface area contributed by atoms with Crippen LogP contribution in [0.2, 0.25) is 5.02 Å². The number of methoxy groups -OCH3 is 2. The lowest BCUT2D eigenvalue weighted by atomic mass is 9.95. The van der Waals surface area contributed by atoms with E-state index in [1.54, 1.807) is 42.5 Å². The molecule has 0 spiro atoms. The Morgan fingerprint density at radius 2 is 1.67 bits per heavy atom. The lowest BCUT2D eigenvalue weighted by Gasteiger charge is -2.21. The normalized spacial score (nSPS) is 18.7. The second kappa shape index (κ2) is 7.32. The minimum Gasteiger partial charge on any atom is -0.507 e. The Balaban J connectivity index is 2.16. The van der Waals surface area contributed by atoms with Gasteiger partial charge in [0.2, 0.25) is 0 Å². The van der Waals surface area contributed by atoms with Crippen LogP contribution in [-0.4, -0.2) is 43.0 Å². The number of halogens is 1. The van der Waals surface area contributed by atoms with E-state index in [1.807, 2.05) is 0 Å². The van der Waals surface area contributed by atoms with E-state index in [0.717, 1.165) is 0 Å². The molecule has 6 nitrogen and oxygen atoms in total. The summed E-state index contributed by atoms with van der Waals surface area (Å²) in [5.41, 5.74) is 1.03. The van der Waals surface area contributed by atoms with Gasteiger partial charge in [0.25, 0.3) is 11.7 Å². The number of aliphatic hydroxyl groups excluding tert-OH is 1. The number of nitrogens with zero attached hydrogens (tertiary/aromatic N) is 1. The molecule has 0 radical (unpaired) electrons. The van der Waals surface area contributed by atoms with Crippen LogP contribution >= 0.6 is 11.6 Å². The molecule has 1 saturated heterocycles. The van der Waals surface area contributed by atoms with Gasteiger partial charge in [0.05, 0.1) is 25.8 Å². The van der Waals surface area contributed by atoms with Gasteiger partial charge in [-0.1, -0.05) is 23.7 Å². The number of aliphatic hydroxyl groups is 1. The zero-order chi connectivity index (χ0) is 19.7. The van der Waals surface area contributed by atoms with Crippen LogP contribution in [0.15, 0.2) is 48.0 Å². The predicted molar refractivity (Wildman–Crippen MR) is 101 cm³/mol. The molecule has 1 N–H and O–H groups in total. The number of likely N-dealkylation sites (N-methyl/N-ethyl adjacent to an activating group) is 1. The monoisotopic (exact) mass is 387 g/mol. The number of benzene rings is 2. The van der Waals surface area contributed by atoms with Gasteiger partial charge < -0.3 is 19.5 Å². The Morgan fingerprint density at radius 3 is 2.26 bits per heavy atom. The summed E-state index contributed by atoms with van der Waals surface area (Å²) in [6.45, 7) is 0. The summed E-state index contributed by atoms with van der Waals surface area (Å²) in [5, 5.41) is 11.4. The van der Waals surface area contributed by atoms with Gasteiger partial charge >= 0.3 is 0 Å². The molecule has 1 heterocycles. The molecule has 1 fully saturated rings. The van der Waals surface area contributed by atoms with E-state index in [4.69, 9.17) is 21.1 Å². The second-order valence-electron chi connectivity index (χ2n) is 6.03. The van der Waals surface area contributed by atoms with E-state index in [9.17, 15) is 14.7 Å². The Hall–Kier alpha value is -2.99. The number of ether oxygens (including phenoxy) is 2. The number of hydrogen-bond acceptors (Lipinski definition) is 5. The summed E-state index contributed by atoms with van der Waals surface area (Å²) in [7, 11) is 4.50. The Labute approximate surface area is 161 Å². The van der Waals surface area contributed by atoms with E-state index in [2.05, 4.69) is 0 Å². The van der Waals surface area contributed by atoms with Gasteiger partial charge in [-0.25, -0.2) is 0 Å². The van der Waals surface area contributed by atoms with Crippen molar-refractivity contribution < 1.29 is 24.2 Å². The standard InChI is InChI=1S/C20H18ClNO5/c1-22-17(11-4-7-13(21)8-5-11)16(19(24)20(22)25)18(23)12-6-9-14(26-2)15(10-12)27-3/h4-10,17,23H,1-3H3. The molecule has 27 heavy (non-hydrogen) atoms. The smallest absolute Gasteiger partial charge is 0.295 e. The van der Waals surface area contributed by atoms with Crippen molar-refractivity contribution in [3.05, 3.63) is 64.2 Å². The van der Waals surface area contributed by atoms with Crippen molar-refractivity contribution in [1.29, 1.82) is 0 Å². The average molecular weight is 388 g/mol. The molecule has 0 aromatic heterocycles. The first-order valence-corrected chi connectivity index (χ1v) is 8.49. The molecule has 0 saturated carbocycles. The highest BCUT2D eigenvalue weighted by Gasteiger charge is 2.44. The minimum absolute atomic E-state index is 0.0112. The van der Waals surface area contributed by atoms with Gasteiger partial charge in [0.15, 0.2) is 11.5 Å². The maximum absolute atomic E-state index is 12.6. The molecule has 1 amide bonds. The average Bonchev–Trinajstić information content (AvgIpc) is 2.91.